The third-order valence-corrected chi connectivity index (χ3v) is 3.27. The first-order valence-corrected chi connectivity index (χ1v) is 6.03. The number of aromatic carboxylic acids is 1. The zero-order valence-electron chi connectivity index (χ0n) is 8.68. The molecule has 0 aromatic carbocycles. The van der Waals surface area contributed by atoms with Gasteiger partial charge in [0.05, 0.1) is 10.9 Å². The predicted octanol–water partition coefficient (Wildman–Crippen LogP) is 3.11. The average molecular weight is 269 g/mol. The first kappa shape index (κ1) is 11.9. The van der Waals surface area contributed by atoms with E-state index in [1.165, 1.54) is 17.4 Å². The fourth-order valence-electron chi connectivity index (χ4n) is 1.28. The summed E-state index contributed by atoms with van der Waals surface area (Å²) in [4.78, 5) is 15.7. The van der Waals surface area contributed by atoms with Gasteiger partial charge in [0, 0.05) is 4.88 Å². The summed E-state index contributed by atoms with van der Waals surface area (Å²) in [6, 6.07) is 8.57. The molecule has 2 N–H and O–H groups in total. The van der Waals surface area contributed by atoms with Crippen molar-refractivity contribution in [3.05, 3.63) is 45.2 Å². The normalized spacial score (nSPS) is 10.2. The number of hydrogen-bond donors (Lipinski definition) is 2. The number of carboxylic acids is 1. The smallest absolute Gasteiger partial charge is 0.354 e. The molecule has 0 aliphatic carbocycles. The summed E-state index contributed by atoms with van der Waals surface area (Å²) in [5.41, 5.74) is 0.0270. The Morgan fingerprint density at radius 2 is 2.24 bits per heavy atom. The summed E-state index contributed by atoms with van der Waals surface area (Å²) in [7, 11) is 0. The molecule has 0 fully saturated rings. The van der Waals surface area contributed by atoms with Crippen LogP contribution in [0.25, 0.3) is 0 Å². The predicted molar refractivity (Wildman–Crippen MR) is 67.9 cm³/mol. The minimum atomic E-state index is -1.03. The molecule has 2 aromatic rings. The van der Waals surface area contributed by atoms with E-state index in [1.54, 1.807) is 12.1 Å². The standard InChI is InChI=1S/C11H9ClN2O2S/c12-9-5-4-7(17-9)6-13-10-3-1-2-8(14-10)11(15)16/h1-5H,6H2,(H,13,14)(H,15,16). The Kier molecular flexibility index (Phi) is 3.61. The van der Waals surface area contributed by atoms with Crippen molar-refractivity contribution in [1.29, 1.82) is 0 Å². The van der Waals surface area contributed by atoms with Gasteiger partial charge in [-0.1, -0.05) is 17.7 Å². The number of aromatic nitrogens is 1. The molecule has 4 nitrogen and oxygen atoms in total. The monoisotopic (exact) mass is 268 g/mol. The van der Waals surface area contributed by atoms with Crippen LogP contribution in [0.4, 0.5) is 5.82 Å². The largest absolute Gasteiger partial charge is 0.477 e. The van der Waals surface area contributed by atoms with E-state index >= 15 is 0 Å². The number of anilines is 1. The third kappa shape index (κ3) is 3.18. The summed E-state index contributed by atoms with van der Waals surface area (Å²) < 4.78 is 0.731. The second-order valence-corrected chi connectivity index (χ2v) is 5.07. The molecule has 0 radical (unpaired) electrons. The maximum absolute atomic E-state index is 10.7. The quantitative estimate of drug-likeness (QED) is 0.894. The van der Waals surface area contributed by atoms with Gasteiger partial charge >= 0.3 is 5.97 Å². The Morgan fingerprint density at radius 1 is 1.41 bits per heavy atom. The van der Waals surface area contributed by atoms with Crippen molar-refractivity contribution in [1.82, 2.24) is 4.98 Å². The second-order valence-electron chi connectivity index (χ2n) is 3.27. The van der Waals surface area contributed by atoms with Crippen molar-refractivity contribution in [3.8, 4) is 0 Å². The summed E-state index contributed by atoms with van der Waals surface area (Å²) in [5, 5.41) is 11.8. The SMILES string of the molecule is O=C(O)c1cccc(NCc2ccc(Cl)s2)n1. The molecule has 6 heteroatoms. The molecule has 0 amide bonds. The van der Waals surface area contributed by atoms with Gasteiger partial charge in [-0.15, -0.1) is 11.3 Å². The van der Waals surface area contributed by atoms with Crippen LogP contribution < -0.4 is 5.32 Å². The highest BCUT2D eigenvalue weighted by Gasteiger charge is 2.05. The van der Waals surface area contributed by atoms with Crippen LogP contribution in [0.1, 0.15) is 15.4 Å². The molecular formula is C11H9ClN2O2S. The van der Waals surface area contributed by atoms with E-state index in [-0.39, 0.29) is 5.69 Å². The second kappa shape index (κ2) is 5.16. The number of nitrogens with one attached hydrogen (secondary N) is 1. The first-order chi connectivity index (χ1) is 8.15. The van der Waals surface area contributed by atoms with Gasteiger partial charge in [0.25, 0.3) is 0 Å². The van der Waals surface area contributed by atoms with Crippen LogP contribution in [-0.4, -0.2) is 16.1 Å². The van der Waals surface area contributed by atoms with Crippen LogP contribution in [0.2, 0.25) is 4.34 Å². The molecule has 17 heavy (non-hydrogen) atoms. The maximum atomic E-state index is 10.7. The minimum Gasteiger partial charge on any atom is -0.477 e. The number of rotatable bonds is 4. The fraction of sp³-hybridized carbons (Fsp3) is 0.0909. The van der Waals surface area contributed by atoms with Crippen molar-refractivity contribution in [3.63, 3.8) is 0 Å². The van der Waals surface area contributed by atoms with Gasteiger partial charge in [-0.2, -0.15) is 0 Å². The van der Waals surface area contributed by atoms with E-state index in [1.807, 2.05) is 12.1 Å². The van der Waals surface area contributed by atoms with Crippen LogP contribution in [0, 0.1) is 0 Å². The highest BCUT2D eigenvalue weighted by molar-refractivity contribution is 7.16. The minimum absolute atomic E-state index is 0.0270. The molecule has 0 spiro atoms. The molecule has 88 valence electrons. The first-order valence-electron chi connectivity index (χ1n) is 4.83. The number of carboxylic acid groups (broad SMARTS) is 1. The number of halogens is 1. The van der Waals surface area contributed by atoms with Crippen molar-refractivity contribution in [2.24, 2.45) is 0 Å². The average Bonchev–Trinajstić information content (AvgIpc) is 2.73. The number of pyridine rings is 1. The van der Waals surface area contributed by atoms with E-state index in [4.69, 9.17) is 16.7 Å². The summed E-state index contributed by atoms with van der Waals surface area (Å²) >= 11 is 7.28. The van der Waals surface area contributed by atoms with E-state index in [2.05, 4.69) is 10.3 Å². The van der Waals surface area contributed by atoms with Gasteiger partial charge in [-0.05, 0) is 24.3 Å². The molecule has 0 saturated carbocycles. The Morgan fingerprint density at radius 3 is 2.88 bits per heavy atom. The molecule has 2 aromatic heterocycles. The lowest BCUT2D eigenvalue weighted by molar-refractivity contribution is 0.0690. The topological polar surface area (TPSA) is 62.2 Å². The molecule has 0 atom stereocenters. The summed E-state index contributed by atoms with van der Waals surface area (Å²) in [6.45, 7) is 0.577. The molecule has 0 aliphatic rings. The zero-order chi connectivity index (χ0) is 12.3. The lowest BCUT2D eigenvalue weighted by atomic mass is 10.3. The van der Waals surface area contributed by atoms with Gasteiger partial charge < -0.3 is 10.4 Å². The fourth-order valence-corrected chi connectivity index (χ4v) is 2.30. The van der Waals surface area contributed by atoms with Crippen LogP contribution in [0.5, 0.6) is 0 Å². The Balaban J connectivity index is 2.04. The van der Waals surface area contributed by atoms with E-state index in [0.717, 1.165) is 9.21 Å². The maximum Gasteiger partial charge on any atom is 0.354 e. The summed E-state index contributed by atoms with van der Waals surface area (Å²) in [6.07, 6.45) is 0. The van der Waals surface area contributed by atoms with Crippen LogP contribution in [0.15, 0.2) is 30.3 Å². The molecular weight excluding hydrogens is 260 g/mol. The van der Waals surface area contributed by atoms with Crippen molar-refractivity contribution >= 4 is 34.7 Å². The van der Waals surface area contributed by atoms with Gasteiger partial charge in [0.1, 0.15) is 5.82 Å². The summed E-state index contributed by atoms with van der Waals surface area (Å²) in [5.74, 6) is -0.498. The molecule has 0 unspecified atom stereocenters. The Labute approximate surface area is 107 Å². The number of carbonyl (C=O) groups is 1. The van der Waals surface area contributed by atoms with E-state index in [9.17, 15) is 4.79 Å². The lowest BCUT2D eigenvalue weighted by Crippen LogP contribution is -2.04. The number of hydrogen-bond acceptors (Lipinski definition) is 4. The number of nitrogens with zero attached hydrogens (tertiary/aromatic N) is 1. The van der Waals surface area contributed by atoms with Gasteiger partial charge in [-0.3, -0.25) is 0 Å². The molecule has 0 aliphatic heterocycles. The highest BCUT2D eigenvalue weighted by atomic mass is 35.5. The van der Waals surface area contributed by atoms with Crippen molar-refractivity contribution in [2.45, 2.75) is 6.54 Å². The van der Waals surface area contributed by atoms with Crippen LogP contribution in [0.3, 0.4) is 0 Å². The van der Waals surface area contributed by atoms with Crippen LogP contribution in [-0.2, 0) is 6.54 Å². The van der Waals surface area contributed by atoms with Crippen molar-refractivity contribution < 1.29 is 9.90 Å². The number of thiophene rings is 1. The molecule has 2 rings (SSSR count). The Bertz CT molecular complexity index is 542. The van der Waals surface area contributed by atoms with Gasteiger partial charge in [0.15, 0.2) is 5.69 Å². The lowest BCUT2D eigenvalue weighted by Gasteiger charge is -2.04. The zero-order valence-corrected chi connectivity index (χ0v) is 10.3. The third-order valence-electron chi connectivity index (χ3n) is 2.04. The van der Waals surface area contributed by atoms with Gasteiger partial charge in [-0.25, -0.2) is 9.78 Å². The van der Waals surface area contributed by atoms with Crippen LogP contribution >= 0.6 is 22.9 Å². The van der Waals surface area contributed by atoms with E-state index < -0.39 is 5.97 Å². The molecule has 0 saturated heterocycles. The Hall–Kier alpha value is -1.59. The van der Waals surface area contributed by atoms with E-state index in [0.29, 0.717) is 12.4 Å². The molecule has 2 heterocycles. The molecule has 0 bridgehead atoms. The van der Waals surface area contributed by atoms with Gasteiger partial charge in [0.2, 0.25) is 0 Å². The van der Waals surface area contributed by atoms with Crippen molar-refractivity contribution in [2.75, 3.05) is 5.32 Å². The highest BCUT2D eigenvalue weighted by Crippen LogP contribution is 2.22.